The smallest absolute Gasteiger partial charge is 0.271 e. The van der Waals surface area contributed by atoms with Crippen molar-refractivity contribution < 1.29 is 9.59 Å². The first-order chi connectivity index (χ1) is 9.54. The van der Waals surface area contributed by atoms with Crippen molar-refractivity contribution in [1.82, 2.24) is 20.1 Å². The third-order valence-electron chi connectivity index (χ3n) is 3.35. The van der Waals surface area contributed by atoms with Crippen LogP contribution in [0.4, 0.5) is 0 Å². The van der Waals surface area contributed by atoms with Crippen LogP contribution in [-0.4, -0.2) is 53.5 Å². The van der Waals surface area contributed by atoms with Crippen molar-refractivity contribution in [3.8, 4) is 0 Å². The third-order valence-corrected chi connectivity index (χ3v) is 3.78. The summed E-state index contributed by atoms with van der Waals surface area (Å²) in [4.78, 5) is 26.3. The number of halogens is 1. The second kappa shape index (κ2) is 6.41. The molecule has 2 heterocycles. The van der Waals surface area contributed by atoms with Crippen LogP contribution in [-0.2, 0) is 11.8 Å². The molecule has 1 aliphatic heterocycles. The number of carbonyl (C=O) groups excluding carboxylic acids is 2. The normalized spacial score (nSPS) is 18.9. The topological polar surface area (TPSA) is 66.4 Å². The van der Waals surface area contributed by atoms with Crippen LogP contribution in [0.15, 0.2) is 16.7 Å². The van der Waals surface area contributed by atoms with Gasteiger partial charge in [0, 0.05) is 43.9 Å². The largest absolute Gasteiger partial charge is 0.355 e. The average Bonchev–Trinajstić information content (AvgIpc) is 2.77. The highest BCUT2D eigenvalue weighted by Crippen LogP contribution is 2.17. The first kappa shape index (κ1) is 15.1. The molecule has 0 saturated carbocycles. The number of hydrogen-bond acceptors (Lipinski definition) is 3. The van der Waals surface area contributed by atoms with Gasteiger partial charge in [0.15, 0.2) is 0 Å². The molecule has 2 N–H and O–H groups in total. The van der Waals surface area contributed by atoms with Gasteiger partial charge in [-0.2, -0.15) is 0 Å². The molecule has 1 atom stereocenters. The zero-order valence-corrected chi connectivity index (χ0v) is 13.2. The summed E-state index contributed by atoms with van der Waals surface area (Å²) in [5.74, 6) is -0.225. The lowest BCUT2D eigenvalue weighted by Crippen LogP contribution is -2.59. The Morgan fingerprint density at radius 2 is 2.30 bits per heavy atom. The number of likely N-dealkylation sites (N-methyl/N-ethyl adjacent to an activating group) is 1. The zero-order chi connectivity index (χ0) is 14.7. The standard InChI is InChI=1S/C13H19BrN4O2/c1-3-16-12(19)11-7-15-4-5-18(11)13(20)10-6-9(14)8-17(10)2/h6,8,11,15H,3-5,7H2,1-2H3,(H,16,19). The van der Waals surface area contributed by atoms with Crippen molar-refractivity contribution in [2.75, 3.05) is 26.2 Å². The van der Waals surface area contributed by atoms with Crippen molar-refractivity contribution in [2.45, 2.75) is 13.0 Å². The summed E-state index contributed by atoms with van der Waals surface area (Å²) in [6, 6.07) is 1.32. The molecule has 1 fully saturated rings. The number of piperazine rings is 1. The van der Waals surface area contributed by atoms with E-state index in [-0.39, 0.29) is 11.8 Å². The van der Waals surface area contributed by atoms with Gasteiger partial charge in [0.25, 0.3) is 5.91 Å². The van der Waals surface area contributed by atoms with E-state index in [2.05, 4.69) is 26.6 Å². The van der Waals surface area contributed by atoms with E-state index in [1.165, 1.54) is 0 Å². The number of rotatable bonds is 3. The summed E-state index contributed by atoms with van der Waals surface area (Å²) in [5.41, 5.74) is 0.577. The summed E-state index contributed by atoms with van der Waals surface area (Å²) in [6.45, 7) is 4.15. The quantitative estimate of drug-likeness (QED) is 0.832. The Kier molecular flexibility index (Phi) is 4.82. The molecule has 1 aromatic rings. The van der Waals surface area contributed by atoms with Crippen LogP contribution >= 0.6 is 15.9 Å². The van der Waals surface area contributed by atoms with Gasteiger partial charge in [-0.25, -0.2) is 0 Å². The van der Waals surface area contributed by atoms with Gasteiger partial charge in [0.05, 0.1) is 0 Å². The van der Waals surface area contributed by atoms with E-state index in [1.807, 2.05) is 20.2 Å². The summed E-state index contributed by atoms with van der Waals surface area (Å²) in [6.07, 6.45) is 1.83. The molecule has 2 amide bonds. The van der Waals surface area contributed by atoms with E-state index in [4.69, 9.17) is 0 Å². The molecule has 7 heteroatoms. The van der Waals surface area contributed by atoms with Gasteiger partial charge in [-0.05, 0) is 28.9 Å². The van der Waals surface area contributed by atoms with Crippen LogP contribution in [0.25, 0.3) is 0 Å². The lowest BCUT2D eigenvalue weighted by Gasteiger charge is -2.35. The molecule has 1 aromatic heterocycles. The minimum atomic E-state index is -0.454. The second-order valence-corrected chi connectivity index (χ2v) is 5.68. The number of nitrogens with one attached hydrogen (secondary N) is 2. The van der Waals surface area contributed by atoms with Gasteiger partial charge >= 0.3 is 0 Å². The number of carbonyl (C=O) groups is 2. The van der Waals surface area contributed by atoms with Gasteiger partial charge in [0.2, 0.25) is 5.91 Å². The summed E-state index contributed by atoms with van der Waals surface area (Å²) < 4.78 is 2.62. The molecule has 1 saturated heterocycles. The predicted molar refractivity (Wildman–Crippen MR) is 79.5 cm³/mol. The van der Waals surface area contributed by atoms with E-state index in [0.717, 1.165) is 4.47 Å². The van der Waals surface area contributed by atoms with Gasteiger partial charge in [-0.3, -0.25) is 9.59 Å². The van der Waals surface area contributed by atoms with Crippen LogP contribution in [0.5, 0.6) is 0 Å². The Bertz CT molecular complexity index is 514. The van der Waals surface area contributed by atoms with Crippen LogP contribution in [0.1, 0.15) is 17.4 Å². The SMILES string of the molecule is CCNC(=O)C1CNCCN1C(=O)c1cc(Br)cn1C. The molecule has 2 rings (SSSR count). The summed E-state index contributed by atoms with van der Waals surface area (Å²) >= 11 is 3.36. The number of amides is 2. The fraction of sp³-hybridized carbons (Fsp3) is 0.538. The van der Waals surface area contributed by atoms with Gasteiger partial charge in [-0.15, -0.1) is 0 Å². The molecule has 0 aromatic carbocycles. The average molecular weight is 343 g/mol. The van der Waals surface area contributed by atoms with E-state index < -0.39 is 6.04 Å². The molecule has 110 valence electrons. The first-order valence-corrected chi connectivity index (χ1v) is 7.45. The second-order valence-electron chi connectivity index (χ2n) is 4.77. The van der Waals surface area contributed by atoms with Gasteiger partial charge < -0.3 is 20.1 Å². The van der Waals surface area contributed by atoms with E-state index in [9.17, 15) is 9.59 Å². The van der Waals surface area contributed by atoms with E-state index >= 15 is 0 Å². The number of aromatic nitrogens is 1. The molecular formula is C13H19BrN4O2. The lowest BCUT2D eigenvalue weighted by molar-refractivity contribution is -0.126. The first-order valence-electron chi connectivity index (χ1n) is 6.65. The molecule has 1 unspecified atom stereocenters. The Morgan fingerprint density at radius 3 is 2.90 bits per heavy atom. The van der Waals surface area contributed by atoms with Crippen LogP contribution in [0.2, 0.25) is 0 Å². The highest BCUT2D eigenvalue weighted by molar-refractivity contribution is 9.10. The van der Waals surface area contributed by atoms with Crippen LogP contribution < -0.4 is 10.6 Å². The molecule has 0 spiro atoms. The van der Waals surface area contributed by atoms with Gasteiger partial charge in [-0.1, -0.05) is 0 Å². The van der Waals surface area contributed by atoms with Crippen molar-refractivity contribution in [3.05, 3.63) is 22.4 Å². The Labute approximate surface area is 126 Å². The highest BCUT2D eigenvalue weighted by Gasteiger charge is 2.33. The van der Waals surface area contributed by atoms with Crippen molar-refractivity contribution in [3.63, 3.8) is 0 Å². The zero-order valence-electron chi connectivity index (χ0n) is 11.6. The number of hydrogen-bond donors (Lipinski definition) is 2. The molecule has 0 bridgehead atoms. The monoisotopic (exact) mass is 342 g/mol. The molecule has 20 heavy (non-hydrogen) atoms. The van der Waals surface area contributed by atoms with Crippen molar-refractivity contribution in [2.24, 2.45) is 7.05 Å². The van der Waals surface area contributed by atoms with Crippen LogP contribution in [0.3, 0.4) is 0 Å². The van der Waals surface area contributed by atoms with Crippen molar-refractivity contribution >= 4 is 27.7 Å². The third kappa shape index (κ3) is 3.04. The number of nitrogens with zero attached hydrogens (tertiary/aromatic N) is 2. The maximum Gasteiger partial charge on any atom is 0.271 e. The minimum absolute atomic E-state index is 0.110. The van der Waals surface area contributed by atoms with Crippen LogP contribution in [0, 0.1) is 0 Å². The fourth-order valence-electron chi connectivity index (χ4n) is 2.36. The summed E-state index contributed by atoms with van der Waals surface area (Å²) in [7, 11) is 1.82. The minimum Gasteiger partial charge on any atom is -0.355 e. The van der Waals surface area contributed by atoms with E-state index in [0.29, 0.717) is 31.9 Å². The van der Waals surface area contributed by atoms with Crippen molar-refractivity contribution in [1.29, 1.82) is 0 Å². The Balaban J connectivity index is 2.21. The summed E-state index contributed by atoms with van der Waals surface area (Å²) in [5, 5.41) is 5.94. The number of aryl methyl sites for hydroxylation is 1. The molecule has 6 nitrogen and oxygen atoms in total. The molecule has 0 radical (unpaired) electrons. The molecule has 1 aliphatic rings. The molecular weight excluding hydrogens is 324 g/mol. The van der Waals surface area contributed by atoms with E-state index in [1.54, 1.807) is 15.5 Å². The Hall–Kier alpha value is -1.34. The lowest BCUT2D eigenvalue weighted by atomic mass is 10.1. The van der Waals surface area contributed by atoms with Gasteiger partial charge in [0.1, 0.15) is 11.7 Å². The Morgan fingerprint density at radius 1 is 1.55 bits per heavy atom. The maximum atomic E-state index is 12.6. The highest BCUT2D eigenvalue weighted by atomic mass is 79.9. The molecule has 0 aliphatic carbocycles. The predicted octanol–water partition coefficient (Wildman–Crippen LogP) is 0.338. The fourth-order valence-corrected chi connectivity index (χ4v) is 2.88. The maximum absolute atomic E-state index is 12.6.